The summed E-state index contributed by atoms with van der Waals surface area (Å²) in [5, 5.41) is 19.2. The SMILES string of the molecule is Cc1onc(-c2ccccc2Cl)c1C(=O)Nc1nnc(-c2ccnn2C(C)C)o1. The molecule has 0 aliphatic carbocycles. The van der Waals surface area contributed by atoms with E-state index < -0.39 is 5.91 Å². The second kappa shape index (κ2) is 7.51. The predicted octanol–water partition coefficient (Wildman–Crippen LogP) is 4.38. The highest BCUT2D eigenvalue weighted by Crippen LogP contribution is 2.31. The Kier molecular flexibility index (Phi) is 4.89. The van der Waals surface area contributed by atoms with Crippen molar-refractivity contribution in [2.45, 2.75) is 26.8 Å². The third-order valence-corrected chi connectivity index (χ3v) is 4.57. The van der Waals surface area contributed by atoms with Gasteiger partial charge in [-0.15, -0.1) is 5.10 Å². The van der Waals surface area contributed by atoms with Crippen LogP contribution in [-0.4, -0.2) is 31.0 Å². The molecule has 3 aromatic heterocycles. The fourth-order valence-electron chi connectivity index (χ4n) is 2.91. The fourth-order valence-corrected chi connectivity index (χ4v) is 3.13. The van der Waals surface area contributed by atoms with Crippen molar-refractivity contribution < 1.29 is 13.7 Å². The lowest BCUT2D eigenvalue weighted by Crippen LogP contribution is -2.13. The maximum Gasteiger partial charge on any atom is 0.322 e. The molecule has 0 unspecified atom stereocenters. The van der Waals surface area contributed by atoms with Crippen LogP contribution < -0.4 is 5.32 Å². The van der Waals surface area contributed by atoms with Crippen molar-refractivity contribution in [3.05, 3.63) is 52.9 Å². The van der Waals surface area contributed by atoms with Crippen LogP contribution in [0.25, 0.3) is 22.8 Å². The summed E-state index contributed by atoms with van der Waals surface area (Å²) >= 11 is 6.24. The average molecular weight is 413 g/mol. The van der Waals surface area contributed by atoms with E-state index >= 15 is 0 Å². The van der Waals surface area contributed by atoms with Crippen LogP contribution in [-0.2, 0) is 0 Å². The van der Waals surface area contributed by atoms with Gasteiger partial charge in [0.2, 0.25) is 0 Å². The van der Waals surface area contributed by atoms with Crippen LogP contribution in [0.3, 0.4) is 0 Å². The normalized spacial score (nSPS) is 11.2. The van der Waals surface area contributed by atoms with E-state index in [-0.39, 0.29) is 23.5 Å². The fraction of sp³-hybridized carbons (Fsp3) is 0.211. The summed E-state index contributed by atoms with van der Waals surface area (Å²) in [4.78, 5) is 12.9. The highest BCUT2D eigenvalue weighted by Gasteiger charge is 2.25. The molecule has 0 aliphatic heterocycles. The lowest BCUT2D eigenvalue weighted by Gasteiger charge is -2.07. The third kappa shape index (κ3) is 3.52. The van der Waals surface area contributed by atoms with Crippen LogP contribution in [0.15, 0.2) is 45.5 Å². The number of aromatic nitrogens is 5. The molecule has 9 nitrogen and oxygen atoms in total. The van der Waals surface area contributed by atoms with Gasteiger partial charge in [0, 0.05) is 17.8 Å². The summed E-state index contributed by atoms with van der Waals surface area (Å²) in [6.45, 7) is 5.61. The van der Waals surface area contributed by atoms with Crippen LogP contribution in [0.4, 0.5) is 6.01 Å². The van der Waals surface area contributed by atoms with Crippen LogP contribution in [0.5, 0.6) is 0 Å². The van der Waals surface area contributed by atoms with Gasteiger partial charge >= 0.3 is 6.01 Å². The molecule has 0 saturated carbocycles. The maximum atomic E-state index is 12.9. The van der Waals surface area contributed by atoms with Gasteiger partial charge in [-0.05, 0) is 32.9 Å². The first-order valence-electron chi connectivity index (χ1n) is 8.85. The summed E-state index contributed by atoms with van der Waals surface area (Å²) in [6, 6.07) is 8.89. The second-order valence-electron chi connectivity index (χ2n) is 6.56. The molecule has 148 valence electrons. The monoisotopic (exact) mass is 412 g/mol. The number of amides is 1. The van der Waals surface area contributed by atoms with Gasteiger partial charge in [-0.25, -0.2) is 0 Å². The van der Waals surface area contributed by atoms with E-state index in [4.69, 9.17) is 20.5 Å². The number of halogens is 1. The Hall–Kier alpha value is -3.46. The molecule has 0 aliphatic rings. The molecule has 0 fully saturated rings. The van der Waals surface area contributed by atoms with Crippen molar-refractivity contribution in [3.8, 4) is 22.8 Å². The quantitative estimate of drug-likeness (QED) is 0.517. The first kappa shape index (κ1) is 18.9. The van der Waals surface area contributed by atoms with Crippen LogP contribution >= 0.6 is 11.6 Å². The molecule has 0 saturated heterocycles. The number of aryl methyl sites for hydroxylation is 1. The molecule has 4 aromatic rings. The number of nitrogens with zero attached hydrogens (tertiary/aromatic N) is 5. The van der Waals surface area contributed by atoms with Crippen LogP contribution in [0.2, 0.25) is 5.02 Å². The summed E-state index contributed by atoms with van der Waals surface area (Å²) in [5.74, 6) is 0.0983. The van der Waals surface area contributed by atoms with Crippen LogP contribution in [0.1, 0.15) is 36.0 Å². The molecule has 1 N–H and O–H groups in total. The molecule has 29 heavy (non-hydrogen) atoms. The van der Waals surface area contributed by atoms with Crippen molar-refractivity contribution in [3.63, 3.8) is 0 Å². The number of nitrogens with one attached hydrogen (secondary N) is 1. The van der Waals surface area contributed by atoms with E-state index in [1.807, 2.05) is 13.8 Å². The Morgan fingerprint density at radius 3 is 2.76 bits per heavy atom. The molecule has 4 rings (SSSR count). The molecule has 0 bridgehead atoms. The first-order valence-corrected chi connectivity index (χ1v) is 9.23. The zero-order valence-corrected chi connectivity index (χ0v) is 16.6. The average Bonchev–Trinajstić information content (AvgIpc) is 3.41. The minimum absolute atomic E-state index is 0.0489. The number of carbonyl (C=O) groups is 1. The lowest BCUT2D eigenvalue weighted by molar-refractivity contribution is 0.102. The lowest BCUT2D eigenvalue weighted by atomic mass is 10.1. The van der Waals surface area contributed by atoms with E-state index in [1.165, 1.54) is 0 Å². The van der Waals surface area contributed by atoms with Gasteiger partial charge in [0.25, 0.3) is 11.8 Å². The Balaban J connectivity index is 1.62. The van der Waals surface area contributed by atoms with E-state index in [0.717, 1.165) is 0 Å². The molecule has 0 radical (unpaired) electrons. The number of hydrogen-bond acceptors (Lipinski definition) is 7. The topological polar surface area (TPSA) is 112 Å². The Labute approximate surface area is 170 Å². The Morgan fingerprint density at radius 2 is 2.00 bits per heavy atom. The van der Waals surface area contributed by atoms with Crippen molar-refractivity contribution in [2.75, 3.05) is 5.32 Å². The molecular weight excluding hydrogens is 396 g/mol. The standard InChI is InChI=1S/C19H17ClN6O3/c1-10(2)26-14(8-9-21-26)18-23-24-19(28-18)22-17(27)15-11(3)29-25-16(15)12-6-4-5-7-13(12)20/h4-10H,1-3H3,(H,22,24,27). The maximum absolute atomic E-state index is 12.9. The number of benzene rings is 1. The van der Waals surface area contributed by atoms with Crippen LogP contribution in [0, 0.1) is 6.92 Å². The van der Waals surface area contributed by atoms with Crippen molar-refractivity contribution >= 4 is 23.5 Å². The highest BCUT2D eigenvalue weighted by atomic mass is 35.5. The van der Waals surface area contributed by atoms with E-state index in [9.17, 15) is 4.79 Å². The van der Waals surface area contributed by atoms with Crippen molar-refractivity contribution in [1.82, 2.24) is 25.1 Å². The number of rotatable bonds is 5. The van der Waals surface area contributed by atoms with Gasteiger partial charge in [-0.2, -0.15) is 5.10 Å². The number of carbonyl (C=O) groups excluding carboxylic acids is 1. The molecule has 1 amide bonds. The predicted molar refractivity (Wildman–Crippen MR) is 106 cm³/mol. The smallest absolute Gasteiger partial charge is 0.322 e. The zero-order chi connectivity index (χ0) is 20.5. The zero-order valence-electron chi connectivity index (χ0n) is 15.9. The van der Waals surface area contributed by atoms with Gasteiger partial charge in [-0.3, -0.25) is 14.8 Å². The van der Waals surface area contributed by atoms with Gasteiger partial charge in [0.1, 0.15) is 22.7 Å². The minimum atomic E-state index is -0.494. The first-order chi connectivity index (χ1) is 14.0. The highest BCUT2D eigenvalue weighted by molar-refractivity contribution is 6.33. The van der Waals surface area contributed by atoms with E-state index in [1.54, 1.807) is 48.1 Å². The Bertz CT molecular complexity index is 1180. The third-order valence-electron chi connectivity index (χ3n) is 4.24. The molecule has 3 heterocycles. The largest absolute Gasteiger partial charge is 0.401 e. The van der Waals surface area contributed by atoms with Crippen molar-refractivity contribution in [1.29, 1.82) is 0 Å². The Morgan fingerprint density at radius 1 is 1.21 bits per heavy atom. The molecule has 1 aromatic carbocycles. The number of hydrogen-bond donors (Lipinski definition) is 1. The van der Waals surface area contributed by atoms with E-state index in [0.29, 0.717) is 27.7 Å². The summed E-state index contributed by atoms with van der Waals surface area (Å²) in [6.07, 6.45) is 1.65. The summed E-state index contributed by atoms with van der Waals surface area (Å²) in [7, 11) is 0. The van der Waals surface area contributed by atoms with Crippen molar-refractivity contribution in [2.24, 2.45) is 0 Å². The van der Waals surface area contributed by atoms with Gasteiger partial charge < -0.3 is 8.94 Å². The molecule has 0 atom stereocenters. The summed E-state index contributed by atoms with van der Waals surface area (Å²) < 4.78 is 12.6. The number of anilines is 1. The minimum Gasteiger partial charge on any atom is -0.401 e. The van der Waals surface area contributed by atoms with Gasteiger partial charge in [-0.1, -0.05) is 40.1 Å². The molecular formula is C19H17ClN6O3. The van der Waals surface area contributed by atoms with Gasteiger partial charge in [0.05, 0.1) is 5.02 Å². The summed E-state index contributed by atoms with van der Waals surface area (Å²) in [5.41, 5.74) is 1.82. The second-order valence-corrected chi connectivity index (χ2v) is 6.97. The van der Waals surface area contributed by atoms with E-state index in [2.05, 4.69) is 25.8 Å². The molecule has 10 heteroatoms. The van der Waals surface area contributed by atoms with Gasteiger partial charge in [0.15, 0.2) is 0 Å². The molecule has 0 spiro atoms.